The highest BCUT2D eigenvalue weighted by molar-refractivity contribution is 5.73. The molecule has 4 aromatic heterocycles. The van der Waals surface area contributed by atoms with E-state index >= 15 is 0 Å². The third-order valence-corrected chi connectivity index (χ3v) is 5.12. The molecule has 4 heteroatoms. The van der Waals surface area contributed by atoms with E-state index in [1.165, 1.54) is 0 Å². The van der Waals surface area contributed by atoms with Crippen molar-refractivity contribution in [2.75, 3.05) is 0 Å². The molecule has 5 rings (SSSR count). The van der Waals surface area contributed by atoms with Crippen molar-refractivity contribution in [1.29, 1.82) is 0 Å². The van der Waals surface area contributed by atoms with Gasteiger partial charge in [0.05, 0.1) is 22.8 Å². The van der Waals surface area contributed by atoms with Crippen LogP contribution in [0.5, 0.6) is 0 Å². The molecule has 1 aromatic carbocycles. The largest absolute Gasteiger partial charge is 0.265 e. The maximum absolute atomic E-state index is 4.78. The normalized spacial score (nSPS) is 11.0. The molecule has 0 atom stereocenters. The summed E-state index contributed by atoms with van der Waals surface area (Å²) in [6.07, 6.45) is 11.4. The molecule has 0 amide bonds. The fourth-order valence-corrected chi connectivity index (χ4v) is 3.44. The van der Waals surface area contributed by atoms with Gasteiger partial charge in [-0.25, -0.2) is 4.98 Å². The summed E-state index contributed by atoms with van der Waals surface area (Å²) < 4.78 is 0. The minimum atomic E-state index is 0.826. The number of hydrogen-bond acceptors (Lipinski definition) is 4. The number of hydrogen-bond donors (Lipinski definition) is 0. The van der Waals surface area contributed by atoms with Crippen LogP contribution >= 0.6 is 0 Å². The smallest absolute Gasteiger partial charge is 0.0894 e. The summed E-state index contributed by atoms with van der Waals surface area (Å²) in [5, 5.41) is 0. The van der Waals surface area contributed by atoms with Crippen LogP contribution in [-0.4, -0.2) is 19.9 Å². The Labute approximate surface area is 187 Å². The summed E-state index contributed by atoms with van der Waals surface area (Å²) in [5.41, 5.74) is 7.85. The van der Waals surface area contributed by atoms with Crippen molar-refractivity contribution in [1.82, 2.24) is 19.9 Å². The van der Waals surface area contributed by atoms with E-state index in [1.807, 2.05) is 60.8 Å². The summed E-state index contributed by atoms with van der Waals surface area (Å²) in [4.78, 5) is 17.8. The van der Waals surface area contributed by atoms with Gasteiger partial charge in [-0.15, -0.1) is 0 Å². The van der Waals surface area contributed by atoms with Gasteiger partial charge in [-0.05, 0) is 70.8 Å². The second-order valence-corrected chi connectivity index (χ2v) is 7.29. The van der Waals surface area contributed by atoms with Gasteiger partial charge in [0.2, 0.25) is 0 Å². The van der Waals surface area contributed by atoms with Crippen molar-refractivity contribution < 1.29 is 0 Å². The van der Waals surface area contributed by atoms with E-state index in [9.17, 15) is 0 Å². The zero-order chi connectivity index (χ0) is 21.6. The topological polar surface area (TPSA) is 51.6 Å². The molecule has 0 fully saturated rings. The monoisotopic (exact) mass is 412 g/mol. The summed E-state index contributed by atoms with van der Waals surface area (Å²) in [7, 11) is 0. The molecule has 0 aliphatic carbocycles. The Hall–Kier alpha value is -4.44. The zero-order valence-corrected chi connectivity index (χ0v) is 17.3. The molecule has 0 unspecified atom stereocenters. The van der Waals surface area contributed by atoms with Crippen molar-refractivity contribution in [3.8, 4) is 33.9 Å². The standard InChI is InChI=1S/C28H20N4/c1-2-16-30-25(4-1)26-5-3-6-27(32-26)28-20-24(15-19-31-28)23-11-9-21(10-12-23)7-8-22-13-17-29-18-14-22/h1-20H. The number of rotatable bonds is 5. The summed E-state index contributed by atoms with van der Waals surface area (Å²) in [6, 6.07) is 28.3. The Kier molecular flexibility index (Phi) is 5.58. The van der Waals surface area contributed by atoms with E-state index in [4.69, 9.17) is 4.98 Å². The predicted octanol–water partition coefficient (Wildman–Crippen LogP) is 6.44. The number of benzene rings is 1. The van der Waals surface area contributed by atoms with Gasteiger partial charge in [0.25, 0.3) is 0 Å². The van der Waals surface area contributed by atoms with Crippen LogP contribution in [0.2, 0.25) is 0 Å². The van der Waals surface area contributed by atoms with Crippen LogP contribution in [0.25, 0.3) is 46.1 Å². The zero-order valence-electron chi connectivity index (χ0n) is 17.3. The first kappa shape index (κ1) is 19.5. The van der Waals surface area contributed by atoms with Crippen LogP contribution in [0.15, 0.2) is 110 Å². The van der Waals surface area contributed by atoms with Crippen LogP contribution in [0.1, 0.15) is 11.1 Å². The van der Waals surface area contributed by atoms with Gasteiger partial charge in [-0.1, -0.05) is 48.6 Å². The van der Waals surface area contributed by atoms with Crippen LogP contribution in [0, 0.1) is 0 Å². The molecular formula is C28H20N4. The molecule has 0 bridgehead atoms. The number of pyridine rings is 4. The fraction of sp³-hybridized carbons (Fsp3) is 0. The maximum Gasteiger partial charge on any atom is 0.0894 e. The van der Waals surface area contributed by atoms with E-state index in [1.54, 1.807) is 18.6 Å². The van der Waals surface area contributed by atoms with Crippen LogP contribution in [0.4, 0.5) is 0 Å². The van der Waals surface area contributed by atoms with Gasteiger partial charge in [0, 0.05) is 24.8 Å². The third-order valence-electron chi connectivity index (χ3n) is 5.12. The summed E-state index contributed by atoms with van der Waals surface area (Å²) in [5.74, 6) is 0. The first-order valence-electron chi connectivity index (χ1n) is 10.4. The molecule has 0 spiro atoms. The van der Waals surface area contributed by atoms with Crippen molar-refractivity contribution in [2.24, 2.45) is 0 Å². The van der Waals surface area contributed by atoms with E-state index in [-0.39, 0.29) is 0 Å². The quantitative estimate of drug-likeness (QED) is 0.333. The lowest BCUT2D eigenvalue weighted by atomic mass is 10.0. The molecule has 0 N–H and O–H groups in total. The van der Waals surface area contributed by atoms with Crippen molar-refractivity contribution in [3.63, 3.8) is 0 Å². The number of nitrogens with zero attached hydrogens (tertiary/aromatic N) is 4. The van der Waals surface area contributed by atoms with Gasteiger partial charge in [0.15, 0.2) is 0 Å². The van der Waals surface area contributed by atoms with Gasteiger partial charge >= 0.3 is 0 Å². The second kappa shape index (κ2) is 9.14. The molecule has 4 nitrogen and oxygen atoms in total. The third kappa shape index (κ3) is 4.50. The molecule has 0 saturated carbocycles. The van der Waals surface area contributed by atoms with Crippen molar-refractivity contribution >= 4 is 12.2 Å². The molecule has 4 heterocycles. The average molecular weight is 412 g/mol. The highest BCUT2D eigenvalue weighted by atomic mass is 14.8. The fourth-order valence-electron chi connectivity index (χ4n) is 3.44. The minimum absolute atomic E-state index is 0.826. The predicted molar refractivity (Wildman–Crippen MR) is 129 cm³/mol. The Bertz CT molecular complexity index is 1350. The Balaban J connectivity index is 1.39. The Morgan fingerprint density at radius 3 is 1.91 bits per heavy atom. The van der Waals surface area contributed by atoms with E-state index < -0.39 is 0 Å². The molecule has 0 aliphatic rings. The first-order chi connectivity index (χ1) is 15.8. The van der Waals surface area contributed by atoms with E-state index in [2.05, 4.69) is 57.4 Å². The lowest BCUT2D eigenvalue weighted by Crippen LogP contribution is -1.92. The molecule has 0 saturated heterocycles. The SMILES string of the molecule is C(=Cc1ccc(-c2ccnc(-c3cccc(-c4ccccn4)n3)c2)cc1)c1ccncc1. The Morgan fingerprint density at radius 1 is 0.469 bits per heavy atom. The molecule has 5 aromatic rings. The van der Waals surface area contributed by atoms with E-state index in [0.29, 0.717) is 0 Å². The summed E-state index contributed by atoms with van der Waals surface area (Å²) in [6.45, 7) is 0. The lowest BCUT2D eigenvalue weighted by Gasteiger charge is -2.07. The van der Waals surface area contributed by atoms with Gasteiger partial charge in [-0.2, -0.15) is 0 Å². The highest BCUT2D eigenvalue weighted by Gasteiger charge is 2.07. The van der Waals surface area contributed by atoms with Gasteiger partial charge in [-0.3, -0.25) is 15.0 Å². The van der Waals surface area contributed by atoms with Crippen molar-refractivity contribution in [2.45, 2.75) is 0 Å². The molecule has 152 valence electrons. The Morgan fingerprint density at radius 2 is 1.16 bits per heavy atom. The van der Waals surface area contributed by atoms with Crippen LogP contribution in [-0.2, 0) is 0 Å². The number of aromatic nitrogens is 4. The van der Waals surface area contributed by atoms with Gasteiger partial charge < -0.3 is 0 Å². The highest BCUT2D eigenvalue weighted by Crippen LogP contribution is 2.26. The molecule has 0 aliphatic heterocycles. The minimum Gasteiger partial charge on any atom is -0.265 e. The molecule has 0 radical (unpaired) electrons. The molecular weight excluding hydrogens is 392 g/mol. The van der Waals surface area contributed by atoms with Crippen LogP contribution < -0.4 is 0 Å². The van der Waals surface area contributed by atoms with E-state index in [0.717, 1.165) is 45.0 Å². The van der Waals surface area contributed by atoms with Crippen molar-refractivity contribution in [3.05, 3.63) is 121 Å². The maximum atomic E-state index is 4.78. The second-order valence-electron chi connectivity index (χ2n) is 7.29. The summed E-state index contributed by atoms with van der Waals surface area (Å²) >= 11 is 0. The first-order valence-corrected chi connectivity index (χ1v) is 10.4. The molecule has 32 heavy (non-hydrogen) atoms. The lowest BCUT2D eigenvalue weighted by molar-refractivity contribution is 1.22. The van der Waals surface area contributed by atoms with Crippen LogP contribution in [0.3, 0.4) is 0 Å². The average Bonchev–Trinajstić information content (AvgIpc) is 2.89. The van der Waals surface area contributed by atoms with Gasteiger partial charge in [0.1, 0.15) is 0 Å².